The Morgan fingerprint density at radius 1 is 1.59 bits per heavy atom. The number of hydrogen-bond acceptors (Lipinski definition) is 3. The van der Waals surface area contributed by atoms with E-state index in [1.54, 1.807) is 17.8 Å². The topological polar surface area (TPSA) is 55.1 Å². The second kappa shape index (κ2) is 6.89. The number of nitrogens with one attached hydrogen (secondary N) is 1. The number of nitrogens with two attached hydrogens (primary N) is 1. The van der Waals surface area contributed by atoms with Crippen LogP contribution in [0.4, 0.5) is 5.69 Å². The summed E-state index contributed by atoms with van der Waals surface area (Å²) in [7, 11) is 0. The van der Waals surface area contributed by atoms with Crippen LogP contribution in [0.2, 0.25) is 5.02 Å². The van der Waals surface area contributed by atoms with Crippen LogP contribution in [-0.2, 0) is 4.79 Å². The van der Waals surface area contributed by atoms with Crippen molar-refractivity contribution in [1.29, 1.82) is 0 Å². The molecule has 94 valence electrons. The van der Waals surface area contributed by atoms with Gasteiger partial charge in [-0.1, -0.05) is 17.7 Å². The quantitative estimate of drug-likeness (QED) is 0.866. The number of rotatable bonds is 5. The zero-order chi connectivity index (χ0) is 12.8. The highest BCUT2D eigenvalue weighted by molar-refractivity contribution is 7.98. The Morgan fingerprint density at radius 2 is 2.29 bits per heavy atom. The monoisotopic (exact) mass is 272 g/mol. The molecule has 0 spiro atoms. The molecule has 3 nitrogen and oxygen atoms in total. The standard InChI is InChI=1S/C12H17ClN2OS/c1-8-3-4-9(7-10(8)13)15-12(16)11(14)5-6-17-2/h3-4,7,11H,5-6,14H2,1-2H3,(H,15,16)/t11-/m1/s1. The lowest BCUT2D eigenvalue weighted by atomic mass is 10.2. The Hall–Kier alpha value is -0.710. The van der Waals surface area contributed by atoms with E-state index >= 15 is 0 Å². The van der Waals surface area contributed by atoms with E-state index in [2.05, 4.69) is 5.32 Å². The lowest BCUT2D eigenvalue weighted by molar-refractivity contribution is -0.117. The largest absolute Gasteiger partial charge is 0.325 e. The Labute approximate surface area is 111 Å². The zero-order valence-corrected chi connectivity index (χ0v) is 11.6. The van der Waals surface area contributed by atoms with Crippen molar-refractivity contribution in [3.05, 3.63) is 28.8 Å². The summed E-state index contributed by atoms with van der Waals surface area (Å²) in [6.45, 7) is 1.91. The molecule has 0 aliphatic carbocycles. The van der Waals surface area contributed by atoms with Crippen molar-refractivity contribution in [3.8, 4) is 0 Å². The highest BCUT2D eigenvalue weighted by Crippen LogP contribution is 2.20. The van der Waals surface area contributed by atoms with Gasteiger partial charge in [0, 0.05) is 10.7 Å². The van der Waals surface area contributed by atoms with Crippen LogP contribution in [0.5, 0.6) is 0 Å². The van der Waals surface area contributed by atoms with E-state index < -0.39 is 6.04 Å². The second-order valence-electron chi connectivity index (χ2n) is 3.84. The zero-order valence-electron chi connectivity index (χ0n) is 10.00. The first kappa shape index (κ1) is 14.4. The van der Waals surface area contributed by atoms with Gasteiger partial charge in [-0.05, 0) is 43.0 Å². The predicted molar refractivity (Wildman–Crippen MR) is 75.8 cm³/mol. The molecule has 0 saturated carbocycles. The molecule has 5 heteroatoms. The Balaban J connectivity index is 2.58. The number of benzene rings is 1. The van der Waals surface area contributed by atoms with Gasteiger partial charge in [-0.2, -0.15) is 11.8 Å². The van der Waals surface area contributed by atoms with Gasteiger partial charge in [0.1, 0.15) is 0 Å². The van der Waals surface area contributed by atoms with Crippen LogP contribution in [0.15, 0.2) is 18.2 Å². The van der Waals surface area contributed by atoms with Crippen molar-refractivity contribution in [2.45, 2.75) is 19.4 Å². The van der Waals surface area contributed by atoms with Gasteiger partial charge in [-0.15, -0.1) is 0 Å². The highest BCUT2D eigenvalue weighted by atomic mass is 35.5. The van der Waals surface area contributed by atoms with Crippen molar-refractivity contribution >= 4 is 35.0 Å². The minimum atomic E-state index is -0.470. The van der Waals surface area contributed by atoms with E-state index in [1.165, 1.54) is 0 Å². The van der Waals surface area contributed by atoms with E-state index in [1.807, 2.05) is 25.3 Å². The summed E-state index contributed by atoms with van der Waals surface area (Å²) < 4.78 is 0. The fraction of sp³-hybridized carbons (Fsp3) is 0.417. The summed E-state index contributed by atoms with van der Waals surface area (Å²) >= 11 is 7.65. The van der Waals surface area contributed by atoms with Crippen LogP contribution < -0.4 is 11.1 Å². The van der Waals surface area contributed by atoms with Crippen molar-refractivity contribution in [2.24, 2.45) is 5.73 Å². The van der Waals surface area contributed by atoms with Gasteiger partial charge in [0.15, 0.2) is 0 Å². The molecule has 0 radical (unpaired) electrons. The van der Waals surface area contributed by atoms with Gasteiger partial charge in [0.25, 0.3) is 0 Å². The van der Waals surface area contributed by atoms with E-state index in [9.17, 15) is 4.79 Å². The van der Waals surface area contributed by atoms with Crippen LogP contribution in [0.25, 0.3) is 0 Å². The highest BCUT2D eigenvalue weighted by Gasteiger charge is 2.13. The number of anilines is 1. The molecule has 3 N–H and O–H groups in total. The minimum absolute atomic E-state index is 0.168. The smallest absolute Gasteiger partial charge is 0.241 e. The van der Waals surface area contributed by atoms with E-state index in [0.29, 0.717) is 17.1 Å². The molecule has 0 unspecified atom stereocenters. The van der Waals surface area contributed by atoms with Gasteiger partial charge in [-0.3, -0.25) is 4.79 Å². The van der Waals surface area contributed by atoms with Crippen molar-refractivity contribution in [2.75, 3.05) is 17.3 Å². The van der Waals surface area contributed by atoms with Crippen LogP contribution in [0, 0.1) is 6.92 Å². The fourth-order valence-electron chi connectivity index (χ4n) is 1.28. The van der Waals surface area contributed by atoms with E-state index in [-0.39, 0.29) is 5.91 Å². The van der Waals surface area contributed by atoms with Crippen LogP contribution in [-0.4, -0.2) is 24.0 Å². The third-order valence-corrected chi connectivity index (χ3v) is 3.46. The SMILES string of the molecule is CSCC[C@@H](N)C(=O)Nc1ccc(C)c(Cl)c1. The van der Waals surface area contributed by atoms with Gasteiger partial charge in [0.2, 0.25) is 5.91 Å². The molecule has 0 bridgehead atoms. The summed E-state index contributed by atoms with van der Waals surface area (Å²) in [5.74, 6) is 0.711. The van der Waals surface area contributed by atoms with Gasteiger partial charge in [-0.25, -0.2) is 0 Å². The summed E-state index contributed by atoms with van der Waals surface area (Å²) in [6.07, 6.45) is 2.66. The maximum atomic E-state index is 11.7. The van der Waals surface area contributed by atoms with Crippen LogP contribution in [0.3, 0.4) is 0 Å². The average Bonchev–Trinajstić information content (AvgIpc) is 2.30. The van der Waals surface area contributed by atoms with Gasteiger partial charge in [0.05, 0.1) is 6.04 Å². The molecular formula is C12H17ClN2OS. The summed E-state index contributed by atoms with van der Waals surface area (Å²) in [4.78, 5) is 11.7. The molecular weight excluding hydrogens is 256 g/mol. The summed E-state index contributed by atoms with van der Waals surface area (Å²) in [5.41, 5.74) is 7.43. The van der Waals surface area contributed by atoms with Crippen LogP contribution in [0.1, 0.15) is 12.0 Å². The fourth-order valence-corrected chi connectivity index (χ4v) is 1.95. The average molecular weight is 273 g/mol. The number of aryl methyl sites for hydroxylation is 1. The molecule has 1 rings (SSSR count). The lowest BCUT2D eigenvalue weighted by Crippen LogP contribution is -2.36. The van der Waals surface area contributed by atoms with Crippen molar-refractivity contribution in [3.63, 3.8) is 0 Å². The van der Waals surface area contributed by atoms with Crippen molar-refractivity contribution in [1.82, 2.24) is 0 Å². The molecule has 0 fully saturated rings. The summed E-state index contributed by atoms with van der Waals surface area (Å²) in [5, 5.41) is 3.40. The number of thioether (sulfide) groups is 1. The van der Waals surface area contributed by atoms with Gasteiger partial charge >= 0.3 is 0 Å². The maximum absolute atomic E-state index is 11.7. The minimum Gasteiger partial charge on any atom is -0.325 e. The third kappa shape index (κ3) is 4.58. The normalized spacial score (nSPS) is 12.2. The molecule has 0 aliphatic heterocycles. The number of carbonyl (C=O) groups is 1. The Kier molecular flexibility index (Phi) is 5.82. The maximum Gasteiger partial charge on any atom is 0.241 e. The van der Waals surface area contributed by atoms with Crippen LogP contribution >= 0.6 is 23.4 Å². The first-order valence-corrected chi connectivity index (χ1v) is 7.13. The molecule has 0 aliphatic rings. The number of halogens is 1. The van der Waals surface area contributed by atoms with Crippen molar-refractivity contribution < 1.29 is 4.79 Å². The second-order valence-corrected chi connectivity index (χ2v) is 5.23. The molecule has 0 heterocycles. The molecule has 0 aromatic heterocycles. The predicted octanol–water partition coefficient (Wildman–Crippen LogP) is 2.67. The Morgan fingerprint density at radius 3 is 2.88 bits per heavy atom. The lowest BCUT2D eigenvalue weighted by Gasteiger charge is -2.12. The number of amides is 1. The van der Waals surface area contributed by atoms with E-state index in [0.717, 1.165) is 11.3 Å². The third-order valence-electron chi connectivity index (χ3n) is 2.41. The number of carbonyl (C=O) groups excluding carboxylic acids is 1. The molecule has 1 atom stereocenters. The van der Waals surface area contributed by atoms with Gasteiger partial charge < -0.3 is 11.1 Å². The first-order chi connectivity index (χ1) is 8.04. The molecule has 1 aromatic rings. The molecule has 1 aromatic carbocycles. The first-order valence-electron chi connectivity index (χ1n) is 5.36. The molecule has 1 amide bonds. The van der Waals surface area contributed by atoms with E-state index in [4.69, 9.17) is 17.3 Å². The molecule has 0 saturated heterocycles. The Bertz CT molecular complexity index is 398. The number of hydrogen-bond donors (Lipinski definition) is 2. The molecule has 17 heavy (non-hydrogen) atoms. The summed E-state index contributed by atoms with van der Waals surface area (Å²) in [6, 6.07) is 4.95.